The Morgan fingerprint density at radius 3 is 2.61 bits per heavy atom. The molecule has 4 nitrogen and oxygen atoms in total. The van der Waals surface area contributed by atoms with Gasteiger partial charge >= 0.3 is 6.03 Å². The SMILES string of the molecule is CCN(C(=O)Nc1c(C)cccc1C(C)C)C1CCN(Cc2ccccc2)C1. The summed E-state index contributed by atoms with van der Waals surface area (Å²) in [5.74, 6) is 0.373. The lowest BCUT2D eigenvalue weighted by atomic mass is 9.98. The lowest BCUT2D eigenvalue weighted by Gasteiger charge is -2.29. The maximum absolute atomic E-state index is 13.1. The van der Waals surface area contributed by atoms with E-state index in [9.17, 15) is 4.79 Å². The van der Waals surface area contributed by atoms with Gasteiger partial charge in [0, 0.05) is 37.9 Å². The van der Waals surface area contributed by atoms with Crippen LogP contribution in [0.4, 0.5) is 10.5 Å². The quantitative estimate of drug-likeness (QED) is 0.744. The molecule has 3 rings (SSSR count). The second-order valence-electron chi connectivity index (χ2n) is 8.07. The Morgan fingerprint density at radius 1 is 1.18 bits per heavy atom. The summed E-state index contributed by atoms with van der Waals surface area (Å²) in [4.78, 5) is 17.6. The summed E-state index contributed by atoms with van der Waals surface area (Å²) < 4.78 is 0. The third-order valence-corrected chi connectivity index (χ3v) is 5.70. The number of nitrogens with one attached hydrogen (secondary N) is 1. The zero-order valence-corrected chi connectivity index (χ0v) is 17.6. The molecular formula is C24H33N3O. The highest BCUT2D eigenvalue weighted by Crippen LogP contribution is 2.28. The molecule has 0 saturated carbocycles. The lowest BCUT2D eigenvalue weighted by molar-refractivity contribution is 0.189. The van der Waals surface area contributed by atoms with Gasteiger partial charge in [0.15, 0.2) is 0 Å². The van der Waals surface area contributed by atoms with Crippen LogP contribution in [0.1, 0.15) is 49.8 Å². The average Bonchev–Trinajstić information content (AvgIpc) is 3.12. The number of urea groups is 1. The van der Waals surface area contributed by atoms with Gasteiger partial charge in [0.2, 0.25) is 0 Å². The van der Waals surface area contributed by atoms with Gasteiger partial charge in [0.05, 0.1) is 0 Å². The molecule has 28 heavy (non-hydrogen) atoms. The Kier molecular flexibility index (Phi) is 6.74. The minimum absolute atomic E-state index is 0.0188. The predicted octanol–water partition coefficient (Wildman–Crippen LogP) is 5.25. The predicted molar refractivity (Wildman–Crippen MR) is 117 cm³/mol. The van der Waals surface area contributed by atoms with Gasteiger partial charge in [-0.05, 0) is 42.9 Å². The maximum Gasteiger partial charge on any atom is 0.322 e. The highest BCUT2D eigenvalue weighted by Gasteiger charge is 2.30. The first-order chi connectivity index (χ1) is 13.5. The number of amides is 2. The van der Waals surface area contributed by atoms with Crippen molar-refractivity contribution in [3.63, 3.8) is 0 Å². The maximum atomic E-state index is 13.1. The molecule has 1 N–H and O–H groups in total. The van der Waals surface area contributed by atoms with Crippen molar-refractivity contribution in [3.8, 4) is 0 Å². The van der Waals surface area contributed by atoms with Gasteiger partial charge in [-0.15, -0.1) is 0 Å². The minimum atomic E-state index is 0.0188. The van der Waals surface area contributed by atoms with Crippen LogP contribution in [-0.4, -0.2) is 41.5 Å². The van der Waals surface area contributed by atoms with Crippen molar-refractivity contribution < 1.29 is 4.79 Å². The van der Waals surface area contributed by atoms with Gasteiger partial charge in [0.25, 0.3) is 0 Å². The van der Waals surface area contributed by atoms with Crippen molar-refractivity contribution >= 4 is 11.7 Å². The normalized spacial score (nSPS) is 17.1. The molecule has 0 radical (unpaired) electrons. The van der Waals surface area contributed by atoms with Crippen LogP contribution in [0.15, 0.2) is 48.5 Å². The molecule has 2 aromatic rings. The molecule has 1 fully saturated rings. The third-order valence-electron chi connectivity index (χ3n) is 5.70. The molecule has 1 aliphatic rings. The largest absolute Gasteiger partial charge is 0.322 e. The summed E-state index contributed by atoms with van der Waals surface area (Å²) in [5.41, 5.74) is 4.62. The van der Waals surface area contributed by atoms with E-state index in [0.717, 1.165) is 43.9 Å². The summed E-state index contributed by atoms with van der Waals surface area (Å²) in [6, 6.07) is 17.1. The molecule has 1 saturated heterocycles. The summed E-state index contributed by atoms with van der Waals surface area (Å²) in [6.07, 6.45) is 1.03. The molecule has 0 spiro atoms. The molecule has 2 amide bonds. The van der Waals surface area contributed by atoms with E-state index in [2.05, 4.69) is 86.4 Å². The Balaban J connectivity index is 1.66. The van der Waals surface area contributed by atoms with Gasteiger partial charge in [-0.25, -0.2) is 4.79 Å². The van der Waals surface area contributed by atoms with Gasteiger partial charge in [-0.3, -0.25) is 4.90 Å². The zero-order valence-electron chi connectivity index (χ0n) is 17.6. The third kappa shape index (κ3) is 4.74. The van der Waals surface area contributed by atoms with Gasteiger partial charge in [-0.2, -0.15) is 0 Å². The first-order valence-corrected chi connectivity index (χ1v) is 10.4. The molecule has 1 aliphatic heterocycles. The lowest BCUT2D eigenvalue weighted by Crippen LogP contribution is -2.44. The monoisotopic (exact) mass is 379 g/mol. The molecule has 1 heterocycles. The Bertz CT molecular complexity index is 788. The molecule has 1 unspecified atom stereocenters. The second-order valence-corrected chi connectivity index (χ2v) is 8.07. The smallest absolute Gasteiger partial charge is 0.320 e. The number of aryl methyl sites for hydroxylation is 1. The standard InChI is InChI=1S/C24H33N3O/c1-5-27(21-14-15-26(17-21)16-20-11-7-6-8-12-20)24(28)25-23-19(4)10-9-13-22(23)18(2)3/h6-13,18,21H,5,14-17H2,1-4H3,(H,25,28). The van der Waals surface area contributed by atoms with E-state index in [1.165, 1.54) is 11.1 Å². The average molecular weight is 380 g/mol. The summed E-state index contributed by atoms with van der Waals surface area (Å²) in [7, 11) is 0. The van der Waals surface area contributed by atoms with Crippen LogP contribution in [0.25, 0.3) is 0 Å². The number of hydrogen-bond donors (Lipinski definition) is 1. The summed E-state index contributed by atoms with van der Waals surface area (Å²) in [6.45, 7) is 12.1. The van der Waals surface area contributed by atoms with Crippen LogP contribution in [0, 0.1) is 6.92 Å². The fourth-order valence-electron chi connectivity index (χ4n) is 4.14. The first kappa shape index (κ1) is 20.4. The van der Waals surface area contributed by atoms with Crippen LogP contribution < -0.4 is 5.32 Å². The van der Waals surface area contributed by atoms with E-state index >= 15 is 0 Å². The van der Waals surface area contributed by atoms with Crippen molar-refractivity contribution in [2.45, 2.75) is 52.6 Å². The Morgan fingerprint density at radius 2 is 1.93 bits per heavy atom. The number of rotatable bonds is 6. The number of para-hydroxylation sites is 1. The fraction of sp³-hybridized carbons (Fsp3) is 0.458. The van der Waals surface area contributed by atoms with Crippen LogP contribution in [0.2, 0.25) is 0 Å². The van der Waals surface area contributed by atoms with Crippen LogP contribution >= 0.6 is 0 Å². The van der Waals surface area contributed by atoms with E-state index in [1.54, 1.807) is 0 Å². The highest BCUT2D eigenvalue weighted by atomic mass is 16.2. The number of likely N-dealkylation sites (N-methyl/N-ethyl adjacent to an activating group) is 1. The van der Waals surface area contributed by atoms with Crippen LogP contribution in [-0.2, 0) is 6.54 Å². The summed E-state index contributed by atoms with van der Waals surface area (Å²) in [5, 5.41) is 3.22. The fourth-order valence-corrected chi connectivity index (χ4v) is 4.14. The van der Waals surface area contributed by atoms with E-state index in [0.29, 0.717) is 5.92 Å². The molecule has 0 aromatic heterocycles. The van der Waals surface area contributed by atoms with Crippen molar-refractivity contribution in [2.75, 3.05) is 25.0 Å². The number of carbonyl (C=O) groups is 1. The molecule has 0 aliphatic carbocycles. The topological polar surface area (TPSA) is 35.6 Å². The van der Waals surface area contributed by atoms with E-state index in [-0.39, 0.29) is 12.1 Å². The van der Waals surface area contributed by atoms with Crippen molar-refractivity contribution in [3.05, 3.63) is 65.2 Å². The molecule has 4 heteroatoms. The minimum Gasteiger partial charge on any atom is -0.320 e. The molecule has 2 aromatic carbocycles. The van der Waals surface area contributed by atoms with Crippen molar-refractivity contribution in [1.82, 2.24) is 9.80 Å². The number of anilines is 1. The summed E-state index contributed by atoms with van der Waals surface area (Å²) >= 11 is 0. The van der Waals surface area contributed by atoms with Gasteiger partial charge in [0.1, 0.15) is 0 Å². The Labute approximate surface area is 169 Å². The first-order valence-electron chi connectivity index (χ1n) is 10.4. The zero-order chi connectivity index (χ0) is 20.1. The number of likely N-dealkylation sites (tertiary alicyclic amines) is 1. The van der Waals surface area contributed by atoms with Crippen LogP contribution in [0.5, 0.6) is 0 Å². The van der Waals surface area contributed by atoms with E-state index in [1.807, 2.05) is 4.90 Å². The van der Waals surface area contributed by atoms with E-state index in [4.69, 9.17) is 0 Å². The number of hydrogen-bond acceptors (Lipinski definition) is 2. The molecular weight excluding hydrogens is 346 g/mol. The van der Waals surface area contributed by atoms with Gasteiger partial charge in [-0.1, -0.05) is 62.4 Å². The van der Waals surface area contributed by atoms with Crippen molar-refractivity contribution in [1.29, 1.82) is 0 Å². The van der Waals surface area contributed by atoms with Gasteiger partial charge < -0.3 is 10.2 Å². The number of benzene rings is 2. The highest BCUT2D eigenvalue weighted by molar-refractivity contribution is 5.91. The molecule has 1 atom stereocenters. The second kappa shape index (κ2) is 9.24. The number of nitrogens with zero attached hydrogens (tertiary/aromatic N) is 2. The van der Waals surface area contributed by atoms with Crippen molar-refractivity contribution in [2.24, 2.45) is 0 Å². The Hall–Kier alpha value is -2.33. The molecule has 0 bridgehead atoms. The molecule has 150 valence electrons. The number of carbonyl (C=O) groups excluding carboxylic acids is 1. The van der Waals surface area contributed by atoms with Crippen LogP contribution in [0.3, 0.4) is 0 Å². The van der Waals surface area contributed by atoms with E-state index < -0.39 is 0 Å².